The van der Waals surface area contributed by atoms with E-state index >= 15 is 0 Å². The number of nitrogens with two attached hydrogens (primary N) is 1. The first kappa shape index (κ1) is 15.5. The van der Waals surface area contributed by atoms with Crippen molar-refractivity contribution in [2.45, 2.75) is 65.3 Å². The zero-order valence-electron chi connectivity index (χ0n) is 12.2. The summed E-state index contributed by atoms with van der Waals surface area (Å²) in [5, 5.41) is 3.19. The minimum absolute atomic E-state index is 0.0176. The van der Waals surface area contributed by atoms with Crippen LogP contribution in [0.4, 0.5) is 0 Å². The average molecular weight is 254 g/mol. The third kappa shape index (κ3) is 4.97. The molecule has 1 unspecified atom stereocenters. The Balaban J connectivity index is 2.41. The molecule has 0 aromatic rings. The Morgan fingerprint density at radius 3 is 2.33 bits per heavy atom. The van der Waals surface area contributed by atoms with Crippen LogP contribution in [0.1, 0.15) is 59.3 Å². The number of hydrogen-bond donors (Lipinski definition) is 2. The van der Waals surface area contributed by atoms with Gasteiger partial charge in [-0.15, -0.1) is 0 Å². The molecule has 0 bridgehead atoms. The van der Waals surface area contributed by atoms with Crippen molar-refractivity contribution in [3.05, 3.63) is 0 Å². The summed E-state index contributed by atoms with van der Waals surface area (Å²) in [6.07, 6.45) is 7.40. The first-order valence-electron chi connectivity index (χ1n) is 7.55. The zero-order chi connectivity index (χ0) is 13.5. The third-order valence-corrected chi connectivity index (χ3v) is 4.14. The maximum atomic E-state index is 12.2. The lowest BCUT2D eigenvalue weighted by molar-refractivity contribution is -0.126. The SMILES string of the molecule is CC(C)CC(CN)C(=O)N[C@@H](C)C1CCCCC1. The molecule has 1 aliphatic rings. The van der Waals surface area contributed by atoms with Crippen LogP contribution in [-0.4, -0.2) is 18.5 Å². The van der Waals surface area contributed by atoms with E-state index in [0.717, 1.165) is 6.42 Å². The van der Waals surface area contributed by atoms with E-state index in [-0.39, 0.29) is 11.8 Å². The monoisotopic (exact) mass is 254 g/mol. The lowest BCUT2D eigenvalue weighted by atomic mass is 9.84. The minimum atomic E-state index is -0.0176. The predicted molar refractivity (Wildman–Crippen MR) is 76.2 cm³/mol. The molecule has 0 spiro atoms. The lowest BCUT2D eigenvalue weighted by Crippen LogP contribution is -2.44. The molecule has 0 saturated heterocycles. The molecule has 3 heteroatoms. The summed E-state index contributed by atoms with van der Waals surface area (Å²) in [6.45, 7) is 6.89. The highest BCUT2D eigenvalue weighted by Crippen LogP contribution is 2.26. The first-order chi connectivity index (χ1) is 8.54. The highest BCUT2D eigenvalue weighted by atomic mass is 16.1. The Labute approximate surface area is 112 Å². The van der Waals surface area contributed by atoms with Crippen LogP contribution in [0.25, 0.3) is 0 Å². The molecule has 18 heavy (non-hydrogen) atoms. The zero-order valence-corrected chi connectivity index (χ0v) is 12.2. The van der Waals surface area contributed by atoms with Crippen molar-refractivity contribution >= 4 is 5.91 Å². The van der Waals surface area contributed by atoms with Gasteiger partial charge in [0.25, 0.3) is 0 Å². The van der Waals surface area contributed by atoms with Crippen LogP contribution < -0.4 is 11.1 Å². The lowest BCUT2D eigenvalue weighted by Gasteiger charge is -2.29. The molecule has 2 atom stereocenters. The van der Waals surface area contributed by atoms with E-state index in [2.05, 4.69) is 26.1 Å². The maximum Gasteiger partial charge on any atom is 0.224 e. The maximum absolute atomic E-state index is 12.2. The highest BCUT2D eigenvalue weighted by molar-refractivity contribution is 5.79. The number of amides is 1. The van der Waals surface area contributed by atoms with Crippen LogP contribution in [0, 0.1) is 17.8 Å². The van der Waals surface area contributed by atoms with Crippen LogP contribution in [0.5, 0.6) is 0 Å². The molecule has 1 amide bonds. The summed E-state index contributed by atoms with van der Waals surface area (Å²) in [5.74, 6) is 1.33. The topological polar surface area (TPSA) is 55.1 Å². The molecule has 0 radical (unpaired) electrons. The largest absolute Gasteiger partial charge is 0.353 e. The van der Waals surface area contributed by atoms with Crippen molar-refractivity contribution in [3.8, 4) is 0 Å². The number of carbonyl (C=O) groups is 1. The molecule has 0 aliphatic heterocycles. The Morgan fingerprint density at radius 2 is 1.83 bits per heavy atom. The molecular formula is C15H30N2O. The van der Waals surface area contributed by atoms with E-state index in [0.29, 0.717) is 24.4 Å². The quantitative estimate of drug-likeness (QED) is 0.765. The first-order valence-corrected chi connectivity index (χ1v) is 7.55. The summed E-state index contributed by atoms with van der Waals surface area (Å²) in [4.78, 5) is 12.2. The van der Waals surface area contributed by atoms with E-state index in [1.54, 1.807) is 0 Å². The van der Waals surface area contributed by atoms with Gasteiger partial charge in [-0.25, -0.2) is 0 Å². The fourth-order valence-electron chi connectivity index (χ4n) is 2.97. The molecule has 0 heterocycles. The normalized spacial score (nSPS) is 20.7. The van der Waals surface area contributed by atoms with Gasteiger partial charge in [0.15, 0.2) is 0 Å². The van der Waals surface area contributed by atoms with E-state index in [1.165, 1.54) is 32.1 Å². The predicted octanol–water partition coefficient (Wildman–Crippen LogP) is 2.69. The Hall–Kier alpha value is -0.570. The molecule has 1 saturated carbocycles. The van der Waals surface area contributed by atoms with E-state index in [4.69, 9.17) is 5.73 Å². The second kappa shape index (κ2) is 7.78. The van der Waals surface area contributed by atoms with Gasteiger partial charge >= 0.3 is 0 Å². The van der Waals surface area contributed by atoms with E-state index in [1.807, 2.05) is 0 Å². The van der Waals surface area contributed by atoms with Crippen LogP contribution >= 0.6 is 0 Å². The van der Waals surface area contributed by atoms with Gasteiger partial charge in [-0.1, -0.05) is 33.1 Å². The van der Waals surface area contributed by atoms with Gasteiger partial charge in [-0.05, 0) is 38.0 Å². The second-order valence-electron chi connectivity index (χ2n) is 6.26. The second-order valence-corrected chi connectivity index (χ2v) is 6.26. The minimum Gasteiger partial charge on any atom is -0.353 e. The molecule has 1 aliphatic carbocycles. The fourth-order valence-corrected chi connectivity index (χ4v) is 2.97. The summed E-state index contributed by atoms with van der Waals surface area (Å²) in [7, 11) is 0. The van der Waals surface area contributed by atoms with Crippen molar-refractivity contribution in [2.24, 2.45) is 23.5 Å². The van der Waals surface area contributed by atoms with Gasteiger partial charge in [0, 0.05) is 12.6 Å². The van der Waals surface area contributed by atoms with Crippen LogP contribution in [0.15, 0.2) is 0 Å². The van der Waals surface area contributed by atoms with E-state index < -0.39 is 0 Å². The van der Waals surface area contributed by atoms with Gasteiger partial charge in [-0.3, -0.25) is 4.79 Å². The number of hydrogen-bond acceptors (Lipinski definition) is 2. The van der Waals surface area contributed by atoms with Crippen LogP contribution in [0.2, 0.25) is 0 Å². The number of rotatable bonds is 6. The van der Waals surface area contributed by atoms with Crippen molar-refractivity contribution < 1.29 is 4.79 Å². The average Bonchev–Trinajstić information content (AvgIpc) is 2.36. The fraction of sp³-hybridized carbons (Fsp3) is 0.933. The Morgan fingerprint density at radius 1 is 1.22 bits per heavy atom. The summed E-state index contributed by atoms with van der Waals surface area (Å²) in [6, 6.07) is 0.305. The van der Waals surface area contributed by atoms with Crippen LogP contribution in [-0.2, 0) is 4.79 Å². The summed E-state index contributed by atoms with van der Waals surface area (Å²) >= 11 is 0. The molecule has 3 N–H and O–H groups in total. The van der Waals surface area contributed by atoms with Crippen LogP contribution in [0.3, 0.4) is 0 Å². The Kier molecular flexibility index (Phi) is 6.69. The molecule has 3 nitrogen and oxygen atoms in total. The standard InChI is InChI=1S/C15H30N2O/c1-11(2)9-14(10-16)15(18)17-12(3)13-7-5-4-6-8-13/h11-14H,4-10,16H2,1-3H3,(H,17,18)/t12-,14?/m0/s1. The molecule has 106 valence electrons. The number of nitrogens with one attached hydrogen (secondary N) is 1. The van der Waals surface area contributed by atoms with Crippen molar-refractivity contribution in [3.63, 3.8) is 0 Å². The Bertz CT molecular complexity index is 247. The molecule has 0 aromatic heterocycles. The van der Waals surface area contributed by atoms with Gasteiger partial charge in [0.05, 0.1) is 5.92 Å². The molecular weight excluding hydrogens is 224 g/mol. The third-order valence-electron chi connectivity index (χ3n) is 4.14. The van der Waals surface area contributed by atoms with Gasteiger partial charge in [0.2, 0.25) is 5.91 Å². The van der Waals surface area contributed by atoms with Crippen molar-refractivity contribution in [2.75, 3.05) is 6.54 Å². The van der Waals surface area contributed by atoms with Crippen molar-refractivity contribution in [1.82, 2.24) is 5.32 Å². The van der Waals surface area contributed by atoms with Crippen molar-refractivity contribution in [1.29, 1.82) is 0 Å². The molecule has 1 fully saturated rings. The van der Waals surface area contributed by atoms with E-state index in [9.17, 15) is 4.79 Å². The smallest absolute Gasteiger partial charge is 0.224 e. The molecule has 1 rings (SSSR count). The molecule has 0 aromatic carbocycles. The van der Waals surface area contributed by atoms with Gasteiger partial charge in [0.1, 0.15) is 0 Å². The van der Waals surface area contributed by atoms with Gasteiger partial charge < -0.3 is 11.1 Å². The summed E-state index contributed by atoms with van der Waals surface area (Å²) in [5.41, 5.74) is 5.72. The van der Waals surface area contributed by atoms with Gasteiger partial charge in [-0.2, -0.15) is 0 Å². The number of carbonyl (C=O) groups excluding carboxylic acids is 1. The summed E-state index contributed by atoms with van der Waals surface area (Å²) < 4.78 is 0. The highest BCUT2D eigenvalue weighted by Gasteiger charge is 2.24.